The molecular formula is C10H12O4S. The van der Waals surface area contributed by atoms with Crippen LogP contribution in [-0.4, -0.2) is 24.5 Å². The second-order valence-electron chi connectivity index (χ2n) is 3.33. The highest BCUT2D eigenvalue weighted by Gasteiger charge is 2.11. The first kappa shape index (κ1) is 11.9. The number of aryl methyl sites for hydroxylation is 1. The maximum atomic E-state index is 11.4. The van der Waals surface area contributed by atoms with Crippen molar-refractivity contribution >= 4 is 15.9 Å². The van der Waals surface area contributed by atoms with E-state index in [1.54, 1.807) is 24.3 Å². The van der Waals surface area contributed by atoms with Gasteiger partial charge in [-0.3, -0.25) is 9.35 Å². The van der Waals surface area contributed by atoms with Gasteiger partial charge in [0.1, 0.15) is 0 Å². The third-order valence-electron chi connectivity index (χ3n) is 1.96. The van der Waals surface area contributed by atoms with Gasteiger partial charge in [0, 0.05) is 12.0 Å². The average Bonchev–Trinajstić information content (AvgIpc) is 2.14. The molecule has 1 aromatic rings. The van der Waals surface area contributed by atoms with E-state index in [0.29, 0.717) is 5.56 Å². The van der Waals surface area contributed by atoms with Gasteiger partial charge in [-0.1, -0.05) is 29.8 Å². The normalized spacial score (nSPS) is 11.3. The third kappa shape index (κ3) is 4.22. The molecule has 1 aromatic carbocycles. The molecule has 0 aromatic heterocycles. The zero-order valence-electron chi connectivity index (χ0n) is 8.30. The summed E-state index contributed by atoms with van der Waals surface area (Å²) in [5.74, 6) is -0.813. The molecule has 0 aliphatic rings. The van der Waals surface area contributed by atoms with Crippen LogP contribution >= 0.6 is 0 Å². The fourth-order valence-electron chi connectivity index (χ4n) is 1.11. The standard InChI is InChI=1S/C10H12O4S/c1-8-2-4-9(5-3-8)10(11)6-7-15(12,13)14/h2-5H,6-7H2,1H3,(H,12,13,14). The molecule has 0 spiro atoms. The first-order valence-corrected chi connectivity index (χ1v) is 6.04. The largest absolute Gasteiger partial charge is 0.294 e. The fraction of sp³-hybridized carbons (Fsp3) is 0.300. The van der Waals surface area contributed by atoms with Gasteiger partial charge in [-0.25, -0.2) is 0 Å². The van der Waals surface area contributed by atoms with Gasteiger partial charge in [-0.05, 0) is 6.92 Å². The van der Waals surface area contributed by atoms with Crippen molar-refractivity contribution in [2.24, 2.45) is 0 Å². The molecule has 4 nitrogen and oxygen atoms in total. The summed E-state index contributed by atoms with van der Waals surface area (Å²) >= 11 is 0. The number of rotatable bonds is 4. The molecule has 0 heterocycles. The molecule has 0 saturated heterocycles. The Morgan fingerprint density at radius 2 is 1.80 bits per heavy atom. The van der Waals surface area contributed by atoms with Crippen LogP contribution in [0, 0.1) is 6.92 Å². The minimum Gasteiger partial charge on any atom is -0.294 e. The number of benzene rings is 1. The molecule has 0 saturated carbocycles. The number of hydrogen-bond donors (Lipinski definition) is 1. The van der Waals surface area contributed by atoms with Crippen LogP contribution in [-0.2, 0) is 10.1 Å². The van der Waals surface area contributed by atoms with E-state index in [0.717, 1.165) is 5.56 Å². The molecular weight excluding hydrogens is 216 g/mol. The van der Waals surface area contributed by atoms with E-state index in [1.165, 1.54) is 0 Å². The lowest BCUT2D eigenvalue weighted by atomic mass is 10.1. The van der Waals surface area contributed by atoms with E-state index in [4.69, 9.17) is 4.55 Å². The van der Waals surface area contributed by atoms with Crippen molar-refractivity contribution < 1.29 is 17.8 Å². The van der Waals surface area contributed by atoms with Gasteiger partial charge < -0.3 is 0 Å². The SMILES string of the molecule is Cc1ccc(C(=O)CCS(=O)(=O)O)cc1. The minimum atomic E-state index is -4.06. The minimum absolute atomic E-state index is 0.193. The molecule has 0 aliphatic heterocycles. The molecule has 0 atom stereocenters. The summed E-state index contributed by atoms with van der Waals surface area (Å²) in [6.45, 7) is 1.90. The maximum Gasteiger partial charge on any atom is 0.265 e. The quantitative estimate of drug-likeness (QED) is 0.625. The van der Waals surface area contributed by atoms with E-state index >= 15 is 0 Å². The highest BCUT2D eigenvalue weighted by molar-refractivity contribution is 7.85. The van der Waals surface area contributed by atoms with E-state index in [-0.39, 0.29) is 12.2 Å². The van der Waals surface area contributed by atoms with Crippen LogP contribution < -0.4 is 0 Å². The summed E-state index contributed by atoms with van der Waals surface area (Å²) in [4.78, 5) is 11.4. The summed E-state index contributed by atoms with van der Waals surface area (Å²) in [7, 11) is -4.06. The lowest BCUT2D eigenvalue weighted by Crippen LogP contribution is -2.09. The molecule has 82 valence electrons. The van der Waals surface area contributed by atoms with Gasteiger partial charge >= 0.3 is 0 Å². The lowest BCUT2D eigenvalue weighted by Gasteiger charge is -2.00. The zero-order chi connectivity index (χ0) is 11.5. The van der Waals surface area contributed by atoms with Crippen molar-refractivity contribution in [3.05, 3.63) is 35.4 Å². The molecule has 1 N–H and O–H groups in total. The monoisotopic (exact) mass is 228 g/mol. The second kappa shape index (κ2) is 4.55. The smallest absolute Gasteiger partial charge is 0.265 e. The van der Waals surface area contributed by atoms with Crippen LogP contribution in [0.15, 0.2) is 24.3 Å². The van der Waals surface area contributed by atoms with Crippen LogP contribution in [0.4, 0.5) is 0 Å². The number of hydrogen-bond acceptors (Lipinski definition) is 3. The Labute approximate surface area is 88.7 Å². The number of Topliss-reactive ketones (excluding diaryl/α,β-unsaturated/α-hetero) is 1. The third-order valence-corrected chi connectivity index (χ3v) is 2.68. The van der Waals surface area contributed by atoms with Gasteiger partial charge in [0.15, 0.2) is 5.78 Å². The maximum absolute atomic E-state index is 11.4. The van der Waals surface area contributed by atoms with Crippen LogP contribution in [0.25, 0.3) is 0 Å². The summed E-state index contributed by atoms with van der Waals surface area (Å²) in [6, 6.07) is 6.84. The summed E-state index contributed by atoms with van der Waals surface area (Å²) in [6.07, 6.45) is -0.193. The number of carbonyl (C=O) groups is 1. The Hall–Kier alpha value is -1.20. The topological polar surface area (TPSA) is 71.4 Å². The van der Waals surface area contributed by atoms with Crippen LogP contribution in [0.2, 0.25) is 0 Å². The van der Waals surface area contributed by atoms with Gasteiger partial charge in [-0.15, -0.1) is 0 Å². The van der Waals surface area contributed by atoms with Crippen LogP contribution in [0.1, 0.15) is 22.3 Å². The van der Waals surface area contributed by atoms with Crippen molar-refractivity contribution in [1.29, 1.82) is 0 Å². The van der Waals surface area contributed by atoms with Gasteiger partial charge in [-0.2, -0.15) is 8.42 Å². The first-order chi connectivity index (χ1) is 6.88. The molecule has 5 heteroatoms. The summed E-state index contributed by atoms with van der Waals surface area (Å²) < 4.78 is 29.3. The van der Waals surface area contributed by atoms with Crippen LogP contribution in [0.3, 0.4) is 0 Å². The van der Waals surface area contributed by atoms with Crippen LogP contribution in [0.5, 0.6) is 0 Å². The number of carbonyl (C=O) groups excluding carboxylic acids is 1. The Morgan fingerprint density at radius 1 is 1.27 bits per heavy atom. The molecule has 0 aliphatic carbocycles. The van der Waals surface area contributed by atoms with Crippen molar-refractivity contribution in [2.75, 3.05) is 5.75 Å². The van der Waals surface area contributed by atoms with E-state index < -0.39 is 15.9 Å². The van der Waals surface area contributed by atoms with E-state index in [1.807, 2.05) is 6.92 Å². The predicted octanol–water partition coefficient (Wildman–Crippen LogP) is 1.46. The molecule has 0 unspecified atom stereocenters. The molecule has 0 fully saturated rings. The van der Waals surface area contributed by atoms with Crippen molar-refractivity contribution in [3.8, 4) is 0 Å². The Bertz CT molecular complexity index is 445. The van der Waals surface area contributed by atoms with Gasteiger partial charge in [0.05, 0.1) is 5.75 Å². The Kier molecular flexibility index (Phi) is 3.60. The zero-order valence-corrected chi connectivity index (χ0v) is 9.12. The van der Waals surface area contributed by atoms with Gasteiger partial charge in [0.2, 0.25) is 0 Å². The van der Waals surface area contributed by atoms with E-state index in [2.05, 4.69) is 0 Å². The molecule has 0 amide bonds. The summed E-state index contributed by atoms with van der Waals surface area (Å²) in [5, 5.41) is 0. The van der Waals surface area contributed by atoms with Crippen molar-refractivity contribution in [2.45, 2.75) is 13.3 Å². The highest BCUT2D eigenvalue weighted by Crippen LogP contribution is 2.06. The predicted molar refractivity (Wildman–Crippen MR) is 56.5 cm³/mol. The molecule has 0 bridgehead atoms. The van der Waals surface area contributed by atoms with Crippen molar-refractivity contribution in [1.82, 2.24) is 0 Å². The highest BCUT2D eigenvalue weighted by atomic mass is 32.2. The summed E-state index contributed by atoms with van der Waals surface area (Å²) in [5.41, 5.74) is 1.49. The fourth-order valence-corrected chi connectivity index (χ4v) is 1.55. The van der Waals surface area contributed by atoms with Gasteiger partial charge in [0.25, 0.3) is 10.1 Å². The van der Waals surface area contributed by atoms with E-state index in [9.17, 15) is 13.2 Å². The lowest BCUT2D eigenvalue weighted by molar-refractivity contribution is 0.0988. The molecule has 15 heavy (non-hydrogen) atoms. The average molecular weight is 228 g/mol. The molecule has 0 radical (unpaired) electrons. The van der Waals surface area contributed by atoms with Crippen molar-refractivity contribution in [3.63, 3.8) is 0 Å². The molecule has 1 rings (SSSR count). The Morgan fingerprint density at radius 3 is 2.27 bits per heavy atom. The second-order valence-corrected chi connectivity index (χ2v) is 4.90. The number of ketones is 1. The Balaban J connectivity index is 2.66. The first-order valence-electron chi connectivity index (χ1n) is 4.43.